The number of primary amides is 1. The van der Waals surface area contributed by atoms with E-state index in [0.29, 0.717) is 12.1 Å². The summed E-state index contributed by atoms with van der Waals surface area (Å²) in [6, 6.07) is 15.4. The average Bonchev–Trinajstić information content (AvgIpc) is 2.39. The van der Waals surface area contributed by atoms with Crippen LogP contribution in [0, 0.1) is 6.92 Å². The molecule has 4 N–H and O–H groups in total. The number of rotatable bonds is 4. The van der Waals surface area contributed by atoms with Crippen LogP contribution in [-0.4, -0.2) is 5.91 Å². The number of benzene rings is 2. The molecular weight excluding hydrogens is 236 g/mol. The van der Waals surface area contributed by atoms with E-state index < -0.39 is 0 Å². The fraction of sp³-hybridized carbons (Fsp3) is 0.188. The first-order valence-corrected chi connectivity index (χ1v) is 6.26. The summed E-state index contributed by atoms with van der Waals surface area (Å²) in [6.07, 6.45) is 0.611. The van der Waals surface area contributed by atoms with Crippen molar-refractivity contribution in [2.75, 3.05) is 5.73 Å². The highest BCUT2D eigenvalue weighted by atomic mass is 16.1. The van der Waals surface area contributed by atoms with Crippen molar-refractivity contribution in [1.82, 2.24) is 0 Å². The van der Waals surface area contributed by atoms with E-state index in [1.54, 1.807) is 12.1 Å². The molecule has 1 amide bonds. The SMILES string of the molecule is Cc1ccc(CC(C(N)=O)c2ccc(N)cc2)cc1. The monoisotopic (exact) mass is 254 g/mol. The minimum atomic E-state index is -0.316. The van der Waals surface area contributed by atoms with Crippen molar-refractivity contribution in [3.8, 4) is 0 Å². The van der Waals surface area contributed by atoms with Gasteiger partial charge in [-0.1, -0.05) is 42.0 Å². The van der Waals surface area contributed by atoms with Crippen molar-refractivity contribution >= 4 is 11.6 Å². The Morgan fingerprint density at radius 1 is 1.05 bits per heavy atom. The molecule has 0 fully saturated rings. The first-order chi connectivity index (χ1) is 9.06. The zero-order chi connectivity index (χ0) is 13.8. The van der Waals surface area contributed by atoms with Gasteiger partial charge in [0.25, 0.3) is 0 Å². The van der Waals surface area contributed by atoms with E-state index in [4.69, 9.17) is 11.5 Å². The molecule has 0 saturated carbocycles. The Bertz CT molecular complexity index is 558. The third kappa shape index (κ3) is 3.35. The normalized spacial score (nSPS) is 12.1. The van der Waals surface area contributed by atoms with Crippen LogP contribution in [0.4, 0.5) is 5.69 Å². The average molecular weight is 254 g/mol. The Balaban J connectivity index is 2.23. The van der Waals surface area contributed by atoms with E-state index in [9.17, 15) is 4.79 Å². The summed E-state index contributed by atoms with van der Waals surface area (Å²) < 4.78 is 0. The fourth-order valence-corrected chi connectivity index (χ4v) is 2.07. The van der Waals surface area contributed by atoms with E-state index in [0.717, 1.165) is 11.1 Å². The number of nitrogens with two attached hydrogens (primary N) is 2. The minimum Gasteiger partial charge on any atom is -0.399 e. The Kier molecular flexibility index (Phi) is 3.85. The highest BCUT2D eigenvalue weighted by Gasteiger charge is 2.18. The van der Waals surface area contributed by atoms with E-state index in [-0.39, 0.29) is 11.8 Å². The smallest absolute Gasteiger partial charge is 0.225 e. The van der Waals surface area contributed by atoms with E-state index in [1.165, 1.54) is 5.56 Å². The summed E-state index contributed by atoms with van der Waals surface area (Å²) in [4.78, 5) is 11.6. The lowest BCUT2D eigenvalue weighted by atomic mass is 9.91. The molecule has 0 bridgehead atoms. The number of nitrogen functional groups attached to an aromatic ring is 1. The molecule has 19 heavy (non-hydrogen) atoms. The number of carbonyl (C=O) groups excluding carboxylic acids is 1. The maximum absolute atomic E-state index is 11.6. The molecule has 0 aliphatic rings. The Morgan fingerprint density at radius 2 is 1.63 bits per heavy atom. The Labute approximate surface area is 113 Å². The van der Waals surface area contributed by atoms with Gasteiger partial charge in [0.1, 0.15) is 0 Å². The van der Waals surface area contributed by atoms with Gasteiger partial charge in [0.05, 0.1) is 5.92 Å². The zero-order valence-electron chi connectivity index (χ0n) is 11.0. The number of hydrogen-bond acceptors (Lipinski definition) is 2. The molecule has 0 aromatic heterocycles. The first-order valence-electron chi connectivity index (χ1n) is 6.26. The van der Waals surface area contributed by atoms with Gasteiger partial charge in [-0.3, -0.25) is 4.79 Å². The molecule has 1 atom stereocenters. The van der Waals surface area contributed by atoms with Crippen molar-refractivity contribution < 1.29 is 4.79 Å². The first kappa shape index (κ1) is 13.1. The van der Waals surface area contributed by atoms with Gasteiger partial charge in [0, 0.05) is 5.69 Å². The topological polar surface area (TPSA) is 69.1 Å². The van der Waals surface area contributed by atoms with Gasteiger partial charge >= 0.3 is 0 Å². The molecule has 3 nitrogen and oxygen atoms in total. The van der Waals surface area contributed by atoms with Crippen LogP contribution in [-0.2, 0) is 11.2 Å². The fourth-order valence-electron chi connectivity index (χ4n) is 2.07. The summed E-state index contributed by atoms with van der Waals surface area (Å²) in [6.45, 7) is 2.04. The van der Waals surface area contributed by atoms with Gasteiger partial charge in [0.15, 0.2) is 0 Å². The van der Waals surface area contributed by atoms with Crippen LogP contribution in [0.5, 0.6) is 0 Å². The molecule has 0 radical (unpaired) electrons. The second kappa shape index (κ2) is 5.57. The van der Waals surface area contributed by atoms with Gasteiger partial charge in [-0.25, -0.2) is 0 Å². The second-order valence-electron chi connectivity index (χ2n) is 4.81. The molecule has 1 unspecified atom stereocenters. The highest BCUT2D eigenvalue weighted by molar-refractivity contribution is 5.82. The molecule has 0 aliphatic heterocycles. The third-order valence-electron chi connectivity index (χ3n) is 3.24. The molecule has 2 aromatic carbocycles. The maximum atomic E-state index is 11.6. The summed E-state index contributed by atoms with van der Waals surface area (Å²) in [7, 11) is 0. The molecular formula is C16H18N2O. The lowest BCUT2D eigenvalue weighted by molar-refractivity contribution is -0.119. The lowest BCUT2D eigenvalue weighted by Gasteiger charge is -2.14. The van der Waals surface area contributed by atoms with Crippen LogP contribution in [0.2, 0.25) is 0 Å². The number of hydrogen-bond donors (Lipinski definition) is 2. The summed E-state index contributed by atoms with van der Waals surface area (Å²) in [5.74, 6) is -0.631. The minimum absolute atomic E-state index is 0.314. The van der Waals surface area contributed by atoms with Crippen molar-refractivity contribution in [2.24, 2.45) is 5.73 Å². The van der Waals surface area contributed by atoms with Crippen molar-refractivity contribution in [3.05, 3.63) is 65.2 Å². The summed E-state index contributed by atoms with van der Waals surface area (Å²) in [5.41, 5.74) is 15.1. The number of amides is 1. The molecule has 0 aliphatic carbocycles. The van der Waals surface area contributed by atoms with Gasteiger partial charge in [-0.15, -0.1) is 0 Å². The molecule has 2 rings (SSSR count). The molecule has 2 aromatic rings. The van der Waals surface area contributed by atoms with Crippen LogP contribution in [0.25, 0.3) is 0 Å². The van der Waals surface area contributed by atoms with Crippen LogP contribution in [0.3, 0.4) is 0 Å². The number of carbonyl (C=O) groups is 1. The van der Waals surface area contributed by atoms with Crippen LogP contribution in [0.15, 0.2) is 48.5 Å². The number of aryl methyl sites for hydroxylation is 1. The van der Waals surface area contributed by atoms with Crippen LogP contribution < -0.4 is 11.5 Å². The summed E-state index contributed by atoms with van der Waals surface area (Å²) in [5, 5.41) is 0. The largest absolute Gasteiger partial charge is 0.399 e. The molecule has 3 heteroatoms. The van der Waals surface area contributed by atoms with E-state index in [1.807, 2.05) is 43.3 Å². The van der Waals surface area contributed by atoms with Crippen molar-refractivity contribution in [3.63, 3.8) is 0 Å². The quantitative estimate of drug-likeness (QED) is 0.822. The Morgan fingerprint density at radius 3 is 2.16 bits per heavy atom. The van der Waals surface area contributed by atoms with Gasteiger partial charge in [0.2, 0.25) is 5.91 Å². The molecule has 98 valence electrons. The second-order valence-corrected chi connectivity index (χ2v) is 4.81. The predicted molar refractivity (Wildman–Crippen MR) is 77.7 cm³/mol. The maximum Gasteiger partial charge on any atom is 0.225 e. The van der Waals surface area contributed by atoms with Crippen LogP contribution in [0.1, 0.15) is 22.6 Å². The van der Waals surface area contributed by atoms with E-state index in [2.05, 4.69) is 0 Å². The molecule has 0 heterocycles. The standard InChI is InChI=1S/C16H18N2O/c1-11-2-4-12(5-3-11)10-15(16(18)19)13-6-8-14(17)9-7-13/h2-9,15H,10,17H2,1H3,(H2,18,19). The lowest BCUT2D eigenvalue weighted by Crippen LogP contribution is -2.23. The number of anilines is 1. The Hall–Kier alpha value is -2.29. The van der Waals surface area contributed by atoms with E-state index >= 15 is 0 Å². The van der Waals surface area contributed by atoms with Gasteiger partial charge < -0.3 is 11.5 Å². The zero-order valence-corrected chi connectivity index (χ0v) is 11.0. The van der Waals surface area contributed by atoms with Crippen LogP contribution >= 0.6 is 0 Å². The van der Waals surface area contributed by atoms with Gasteiger partial charge in [-0.05, 0) is 36.6 Å². The highest BCUT2D eigenvalue weighted by Crippen LogP contribution is 2.22. The predicted octanol–water partition coefficient (Wildman–Crippen LogP) is 2.39. The molecule has 0 spiro atoms. The molecule has 0 saturated heterocycles. The van der Waals surface area contributed by atoms with Crippen molar-refractivity contribution in [1.29, 1.82) is 0 Å². The summed E-state index contributed by atoms with van der Waals surface area (Å²) >= 11 is 0. The van der Waals surface area contributed by atoms with Gasteiger partial charge in [-0.2, -0.15) is 0 Å². The third-order valence-corrected chi connectivity index (χ3v) is 3.24. The van der Waals surface area contributed by atoms with Crippen molar-refractivity contribution in [2.45, 2.75) is 19.3 Å².